The van der Waals surface area contributed by atoms with Crippen LogP contribution in [0.4, 0.5) is 5.82 Å². The second kappa shape index (κ2) is 4.67. The molecule has 0 aromatic carbocycles. The predicted octanol–water partition coefficient (Wildman–Crippen LogP) is 1.36. The van der Waals surface area contributed by atoms with Gasteiger partial charge in [-0.3, -0.25) is 4.79 Å². The molecule has 1 aromatic rings. The van der Waals surface area contributed by atoms with Crippen LogP contribution in [0.25, 0.3) is 0 Å². The SMILES string of the molecule is O=C(Nc1cnc(Br)cn1)[C@@H]1CCCO1. The molecule has 2 heterocycles. The maximum atomic E-state index is 11.6. The smallest absolute Gasteiger partial charge is 0.254 e. The van der Waals surface area contributed by atoms with Crippen molar-refractivity contribution in [1.29, 1.82) is 0 Å². The highest BCUT2D eigenvalue weighted by Crippen LogP contribution is 2.14. The van der Waals surface area contributed by atoms with Gasteiger partial charge in [-0.05, 0) is 28.8 Å². The molecule has 1 saturated heterocycles. The predicted molar refractivity (Wildman–Crippen MR) is 57.3 cm³/mol. The Kier molecular flexibility index (Phi) is 3.27. The maximum Gasteiger partial charge on any atom is 0.254 e. The van der Waals surface area contributed by atoms with Crippen LogP contribution in [-0.2, 0) is 9.53 Å². The van der Waals surface area contributed by atoms with E-state index in [0.717, 1.165) is 12.8 Å². The third-order valence-electron chi connectivity index (χ3n) is 2.09. The minimum absolute atomic E-state index is 0.149. The molecule has 1 aliphatic heterocycles. The number of aromatic nitrogens is 2. The molecule has 1 amide bonds. The highest BCUT2D eigenvalue weighted by atomic mass is 79.9. The van der Waals surface area contributed by atoms with E-state index in [9.17, 15) is 4.79 Å². The molecule has 1 aromatic heterocycles. The number of hydrogen-bond acceptors (Lipinski definition) is 4. The number of carbonyl (C=O) groups excluding carboxylic acids is 1. The van der Waals surface area contributed by atoms with Crippen LogP contribution in [-0.4, -0.2) is 28.6 Å². The highest BCUT2D eigenvalue weighted by Gasteiger charge is 2.23. The van der Waals surface area contributed by atoms with Crippen LogP contribution in [0.2, 0.25) is 0 Å². The Bertz CT molecular complexity index is 349. The lowest BCUT2D eigenvalue weighted by Crippen LogP contribution is -2.27. The van der Waals surface area contributed by atoms with Crippen molar-refractivity contribution < 1.29 is 9.53 Å². The molecule has 1 atom stereocenters. The number of amides is 1. The summed E-state index contributed by atoms with van der Waals surface area (Å²) in [5.41, 5.74) is 0. The van der Waals surface area contributed by atoms with Crippen molar-refractivity contribution in [3.8, 4) is 0 Å². The fourth-order valence-corrected chi connectivity index (χ4v) is 1.57. The number of anilines is 1. The summed E-state index contributed by atoms with van der Waals surface area (Å²) in [5.74, 6) is 0.294. The number of halogens is 1. The van der Waals surface area contributed by atoms with E-state index < -0.39 is 0 Å². The zero-order chi connectivity index (χ0) is 10.7. The van der Waals surface area contributed by atoms with Crippen molar-refractivity contribution in [2.75, 3.05) is 11.9 Å². The molecule has 0 aliphatic carbocycles. The molecule has 2 rings (SSSR count). The van der Waals surface area contributed by atoms with E-state index >= 15 is 0 Å². The Balaban J connectivity index is 1.96. The van der Waals surface area contributed by atoms with E-state index in [0.29, 0.717) is 17.0 Å². The number of nitrogens with zero attached hydrogens (tertiary/aromatic N) is 2. The van der Waals surface area contributed by atoms with Crippen molar-refractivity contribution in [3.63, 3.8) is 0 Å². The molecule has 0 radical (unpaired) electrons. The van der Waals surface area contributed by atoms with Gasteiger partial charge in [-0.25, -0.2) is 9.97 Å². The zero-order valence-corrected chi connectivity index (χ0v) is 9.53. The van der Waals surface area contributed by atoms with Crippen molar-refractivity contribution in [2.45, 2.75) is 18.9 Å². The fraction of sp³-hybridized carbons (Fsp3) is 0.444. The number of rotatable bonds is 2. The highest BCUT2D eigenvalue weighted by molar-refractivity contribution is 9.10. The number of carbonyl (C=O) groups is 1. The van der Waals surface area contributed by atoms with Gasteiger partial charge >= 0.3 is 0 Å². The first-order valence-electron chi connectivity index (χ1n) is 4.66. The summed E-state index contributed by atoms with van der Waals surface area (Å²) < 4.78 is 5.88. The maximum absolute atomic E-state index is 11.6. The van der Waals surface area contributed by atoms with Crippen molar-refractivity contribution in [1.82, 2.24) is 9.97 Å². The van der Waals surface area contributed by atoms with Crippen LogP contribution >= 0.6 is 15.9 Å². The van der Waals surface area contributed by atoms with E-state index in [1.54, 1.807) is 0 Å². The topological polar surface area (TPSA) is 64.1 Å². The van der Waals surface area contributed by atoms with Crippen LogP contribution in [0, 0.1) is 0 Å². The average molecular weight is 272 g/mol. The monoisotopic (exact) mass is 271 g/mol. The summed E-state index contributed by atoms with van der Waals surface area (Å²) in [6, 6.07) is 0. The van der Waals surface area contributed by atoms with Gasteiger partial charge < -0.3 is 10.1 Å². The Labute approximate surface area is 95.4 Å². The van der Waals surface area contributed by atoms with Crippen LogP contribution in [0.15, 0.2) is 17.0 Å². The van der Waals surface area contributed by atoms with Gasteiger partial charge in [0.2, 0.25) is 0 Å². The van der Waals surface area contributed by atoms with Gasteiger partial charge in [0.1, 0.15) is 10.7 Å². The molecule has 1 N–H and O–H groups in total. The molecular formula is C9H10BrN3O2. The minimum atomic E-state index is -0.338. The van der Waals surface area contributed by atoms with Crippen molar-refractivity contribution in [3.05, 3.63) is 17.0 Å². The molecule has 80 valence electrons. The molecular weight excluding hydrogens is 262 g/mol. The molecule has 0 unspecified atom stereocenters. The Morgan fingerprint density at radius 3 is 3.00 bits per heavy atom. The van der Waals surface area contributed by atoms with Gasteiger partial charge in [0.15, 0.2) is 5.82 Å². The van der Waals surface area contributed by atoms with Gasteiger partial charge in [0.25, 0.3) is 5.91 Å². The molecule has 6 heteroatoms. The summed E-state index contributed by atoms with van der Waals surface area (Å²) in [6.07, 6.45) is 4.40. The van der Waals surface area contributed by atoms with Crippen LogP contribution in [0.1, 0.15) is 12.8 Å². The minimum Gasteiger partial charge on any atom is -0.368 e. The molecule has 0 saturated carbocycles. The van der Waals surface area contributed by atoms with Gasteiger partial charge in [0.05, 0.1) is 12.4 Å². The number of nitrogens with one attached hydrogen (secondary N) is 1. The Morgan fingerprint density at radius 1 is 1.53 bits per heavy atom. The quantitative estimate of drug-likeness (QED) is 0.882. The fourth-order valence-electron chi connectivity index (χ4n) is 1.37. The zero-order valence-electron chi connectivity index (χ0n) is 7.94. The lowest BCUT2D eigenvalue weighted by Gasteiger charge is -2.08. The van der Waals surface area contributed by atoms with E-state index in [1.807, 2.05) is 0 Å². The third-order valence-corrected chi connectivity index (χ3v) is 2.50. The normalized spacial score (nSPS) is 20.2. The first-order chi connectivity index (χ1) is 7.25. The third kappa shape index (κ3) is 2.73. The van der Waals surface area contributed by atoms with Crippen LogP contribution in [0.5, 0.6) is 0 Å². The molecule has 0 bridgehead atoms. The standard InChI is InChI=1S/C9H10BrN3O2/c10-7-4-12-8(5-11-7)13-9(14)6-2-1-3-15-6/h4-6H,1-3H2,(H,12,13,14)/t6-/m0/s1. The molecule has 5 nitrogen and oxygen atoms in total. The second-order valence-electron chi connectivity index (χ2n) is 3.22. The molecule has 1 aliphatic rings. The lowest BCUT2D eigenvalue weighted by molar-refractivity contribution is -0.124. The van der Waals surface area contributed by atoms with E-state index in [1.165, 1.54) is 12.4 Å². The van der Waals surface area contributed by atoms with Crippen LogP contribution < -0.4 is 5.32 Å². The Hall–Kier alpha value is -1.01. The largest absolute Gasteiger partial charge is 0.368 e. The summed E-state index contributed by atoms with van der Waals surface area (Å²) in [6.45, 7) is 0.657. The van der Waals surface area contributed by atoms with E-state index in [4.69, 9.17) is 4.74 Å². The van der Waals surface area contributed by atoms with Crippen LogP contribution in [0.3, 0.4) is 0 Å². The second-order valence-corrected chi connectivity index (χ2v) is 4.03. The number of hydrogen-bond donors (Lipinski definition) is 1. The first kappa shape index (κ1) is 10.5. The van der Waals surface area contributed by atoms with Gasteiger partial charge in [-0.1, -0.05) is 0 Å². The molecule has 1 fully saturated rings. The Morgan fingerprint density at radius 2 is 2.40 bits per heavy atom. The van der Waals surface area contributed by atoms with Crippen molar-refractivity contribution >= 4 is 27.7 Å². The van der Waals surface area contributed by atoms with Gasteiger partial charge in [-0.2, -0.15) is 0 Å². The molecule has 15 heavy (non-hydrogen) atoms. The number of ether oxygens (including phenoxy) is 1. The first-order valence-corrected chi connectivity index (χ1v) is 5.45. The lowest BCUT2D eigenvalue weighted by atomic mass is 10.2. The van der Waals surface area contributed by atoms with Gasteiger partial charge in [-0.15, -0.1) is 0 Å². The average Bonchev–Trinajstić information content (AvgIpc) is 2.74. The summed E-state index contributed by atoms with van der Waals surface area (Å²) in [5, 5.41) is 2.65. The summed E-state index contributed by atoms with van der Waals surface area (Å²) in [4.78, 5) is 19.5. The van der Waals surface area contributed by atoms with Gasteiger partial charge in [0, 0.05) is 6.61 Å². The molecule has 0 spiro atoms. The van der Waals surface area contributed by atoms with E-state index in [-0.39, 0.29) is 12.0 Å². The summed E-state index contributed by atoms with van der Waals surface area (Å²) in [7, 11) is 0. The van der Waals surface area contributed by atoms with Crippen molar-refractivity contribution in [2.24, 2.45) is 0 Å². The van der Waals surface area contributed by atoms with E-state index in [2.05, 4.69) is 31.2 Å². The summed E-state index contributed by atoms with van der Waals surface area (Å²) >= 11 is 3.17.